The summed E-state index contributed by atoms with van der Waals surface area (Å²) in [6.07, 6.45) is 1.82. The zero-order chi connectivity index (χ0) is 21.3. The summed E-state index contributed by atoms with van der Waals surface area (Å²) in [7, 11) is 0. The van der Waals surface area contributed by atoms with Crippen LogP contribution in [-0.4, -0.2) is 21.9 Å². The lowest BCUT2D eigenvalue weighted by Crippen LogP contribution is -2.11. The predicted octanol–water partition coefficient (Wildman–Crippen LogP) is 6.15. The van der Waals surface area contributed by atoms with E-state index in [1.807, 2.05) is 12.3 Å². The summed E-state index contributed by atoms with van der Waals surface area (Å²) in [5.41, 5.74) is 7.42. The standard InChI is InChI=1S/C25H28N2O2/c1-16-14-19(15-26-23-9-7-8-22(17(23)2)24(28)29)18(3)27(16)21-12-10-20(11-13-21)25(4,5)6/h7-15H,1-6H3,(H,28,29). The van der Waals surface area contributed by atoms with Crippen LogP contribution in [0.15, 0.2) is 53.5 Å². The van der Waals surface area contributed by atoms with Gasteiger partial charge in [0.05, 0.1) is 11.3 Å². The lowest BCUT2D eigenvalue weighted by atomic mass is 9.87. The molecule has 3 aromatic rings. The Morgan fingerprint density at radius 2 is 1.69 bits per heavy atom. The molecule has 1 heterocycles. The minimum absolute atomic E-state index is 0.124. The molecule has 0 saturated heterocycles. The number of aromatic nitrogens is 1. The van der Waals surface area contributed by atoms with Crippen molar-refractivity contribution >= 4 is 17.9 Å². The van der Waals surface area contributed by atoms with E-state index in [-0.39, 0.29) is 11.0 Å². The van der Waals surface area contributed by atoms with E-state index >= 15 is 0 Å². The third kappa shape index (κ3) is 4.16. The van der Waals surface area contributed by atoms with E-state index in [4.69, 9.17) is 0 Å². The summed E-state index contributed by atoms with van der Waals surface area (Å²) >= 11 is 0. The first-order valence-corrected chi connectivity index (χ1v) is 9.76. The molecule has 0 radical (unpaired) electrons. The van der Waals surface area contributed by atoms with Gasteiger partial charge in [0.1, 0.15) is 0 Å². The van der Waals surface area contributed by atoms with E-state index in [0.717, 1.165) is 22.6 Å². The Balaban J connectivity index is 1.96. The summed E-state index contributed by atoms with van der Waals surface area (Å²) in [4.78, 5) is 15.9. The molecule has 1 N–H and O–H groups in total. The van der Waals surface area contributed by atoms with Gasteiger partial charge in [-0.25, -0.2) is 4.79 Å². The molecular weight excluding hydrogens is 360 g/mol. The molecule has 4 nitrogen and oxygen atoms in total. The van der Waals surface area contributed by atoms with Crippen molar-refractivity contribution < 1.29 is 9.90 Å². The van der Waals surface area contributed by atoms with Crippen LogP contribution in [0, 0.1) is 20.8 Å². The van der Waals surface area contributed by atoms with E-state index in [1.165, 1.54) is 5.56 Å². The van der Waals surface area contributed by atoms with Crippen LogP contribution < -0.4 is 0 Å². The van der Waals surface area contributed by atoms with E-state index in [0.29, 0.717) is 11.3 Å². The third-order valence-corrected chi connectivity index (χ3v) is 5.34. The topological polar surface area (TPSA) is 54.6 Å². The van der Waals surface area contributed by atoms with E-state index in [9.17, 15) is 9.90 Å². The highest BCUT2D eigenvalue weighted by Crippen LogP contribution is 2.26. The molecule has 0 aliphatic heterocycles. The highest BCUT2D eigenvalue weighted by molar-refractivity contribution is 5.92. The Hall–Kier alpha value is -3.14. The fourth-order valence-corrected chi connectivity index (χ4v) is 3.56. The van der Waals surface area contributed by atoms with Crippen molar-refractivity contribution in [1.82, 2.24) is 4.57 Å². The minimum Gasteiger partial charge on any atom is -0.478 e. The van der Waals surface area contributed by atoms with Gasteiger partial charge >= 0.3 is 5.97 Å². The third-order valence-electron chi connectivity index (χ3n) is 5.34. The average molecular weight is 389 g/mol. The van der Waals surface area contributed by atoms with Crippen LogP contribution in [0.4, 0.5) is 5.69 Å². The van der Waals surface area contributed by atoms with Crippen molar-refractivity contribution in [2.24, 2.45) is 4.99 Å². The molecule has 150 valence electrons. The van der Waals surface area contributed by atoms with Gasteiger partial charge in [0.2, 0.25) is 0 Å². The van der Waals surface area contributed by atoms with Gasteiger partial charge in [-0.05, 0) is 67.6 Å². The summed E-state index contributed by atoms with van der Waals surface area (Å²) in [6, 6.07) is 15.9. The van der Waals surface area contributed by atoms with Crippen LogP contribution in [-0.2, 0) is 5.41 Å². The van der Waals surface area contributed by atoms with Crippen molar-refractivity contribution in [3.63, 3.8) is 0 Å². The number of aliphatic imine (C=N–C) groups is 1. The SMILES string of the molecule is Cc1c(N=Cc2cc(C)n(-c3ccc(C(C)(C)C)cc3)c2C)cccc1C(=O)O. The zero-order valence-corrected chi connectivity index (χ0v) is 17.9. The average Bonchev–Trinajstić information content (AvgIpc) is 2.93. The Morgan fingerprint density at radius 3 is 2.28 bits per heavy atom. The largest absolute Gasteiger partial charge is 0.478 e. The van der Waals surface area contributed by atoms with E-state index in [2.05, 4.69) is 74.5 Å². The summed E-state index contributed by atoms with van der Waals surface area (Å²) < 4.78 is 2.22. The van der Waals surface area contributed by atoms with Gasteiger partial charge in [-0.1, -0.05) is 39.0 Å². The summed E-state index contributed by atoms with van der Waals surface area (Å²) in [5.74, 6) is -0.934. The molecule has 0 atom stereocenters. The summed E-state index contributed by atoms with van der Waals surface area (Å²) in [5, 5.41) is 9.30. The number of benzene rings is 2. The first-order valence-electron chi connectivity index (χ1n) is 9.76. The highest BCUT2D eigenvalue weighted by atomic mass is 16.4. The number of rotatable bonds is 4. The van der Waals surface area contributed by atoms with Crippen LogP contribution in [0.25, 0.3) is 5.69 Å². The molecule has 1 aromatic heterocycles. The predicted molar refractivity (Wildman–Crippen MR) is 119 cm³/mol. The molecule has 4 heteroatoms. The first-order chi connectivity index (χ1) is 13.6. The normalized spacial score (nSPS) is 11.9. The number of carbonyl (C=O) groups is 1. The van der Waals surface area contributed by atoms with Crippen LogP contribution in [0.3, 0.4) is 0 Å². The van der Waals surface area contributed by atoms with Crippen LogP contribution >= 0.6 is 0 Å². The molecule has 29 heavy (non-hydrogen) atoms. The van der Waals surface area contributed by atoms with Gasteiger partial charge in [0.25, 0.3) is 0 Å². The maximum atomic E-state index is 11.3. The first kappa shape index (κ1) is 20.6. The maximum absolute atomic E-state index is 11.3. The maximum Gasteiger partial charge on any atom is 0.336 e. The Kier molecular flexibility index (Phi) is 5.47. The van der Waals surface area contributed by atoms with Crippen LogP contribution in [0.1, 0.15) is 59.2 Å². The van der Waals surface area contributed by atoms with Gasteiger partial charge in [0, 0.05) is 28.9 Å². The lowest BCUT2D eigenvalue weighted by molar-refractivity contribution is 0.0696. The number of aromatic carboxylic acids is 1. The zero-order valence-electron chi connectivity index (χ0n) is 17.9. The van der Waals surface area contributed by atoms with Crippen molar-refractivity contribution in [2.45, 2.75) is 47.0 Å². The van der Waals surface area contributed by atoms with Gasteiger partial charge in [-0.3, -0.25) is 4.99 Å². The van der Waals surface area contributed by atoms with Gasteiger partial charge < -0.3 is 9.67 Å². The number of hydrogen-bond acceptors (Lipinski definition) is 2. The Morgan fingerprint density at radius 1 is 1.03 bits per heavy atom. The summed E-state index contributed by atoms with van der Waals surface area (Å²) in [6.45, 7) is 12.6. The smallest absolute Gasteiger partial charge is 0.336 e. The van der Waals surface area contributed by atoms with Crippen molar-refractivity contribution in [3.05, 3.63) is 82.2 Å². The molecule has 0 aliphatic carbocycles. The second kappa shape index (κ2) is 7.70. The number of carboxylic acids is 1. The van der Waals surface area contributed by atoms with Gasteiger partial charge in [0.15, 0.2) is 0 Å². The number of aryl methyl sites for hydroxylation is 1. The van der Waals surface area contributed by atoms with Gasteiger partial charge in [-0.15, -0.1) is 0 Å². The van der Waals surface area contributed by atoms with Crippen molar-refractivity contribution in [1.29, 1.82) is 0 Å². The molecule has 0 unspecified atom stereocenters. The Bertz CT molecular complexity index is 1080. The lowest BCUT2D eigenvalue weighted by Gasteiger charge is -2.20. The number of nitrogens with zero attached hydrogens (tertiary/aromatic N) is 2. The monoisotopic (exact) mass is 388 g/mol. The fraction of sp³-hybridized carbons (Fsp3) is 0.280. The van der Waals surface area contributed by atoms with E-state index in [1.54, 1.807) is 19.1 Å². The molecular formula is C25H28N2O2. The highest BCUT2D eigenvalue weighted by Gasteiger charge is 2.15. The second-order valence-electron chi connectivity index (χ2n) is 8.47. The van der Waals surface area contributed by atoms with Crippen LogP contribution in [0.2, 0.25) is 0 Å². The quantitative estimate of drug-likeness (QED) is 0.545. The molecule has 0 saturated carbocycles. The number of carboxylic acid groups (broad SMARTS) is 1. The molecule has 2 aromatic carbocycles. The molecule has 0 spiro atoms. The second-order valence-corrected chi connectivity index (χ2v) is 8.47. The minimum atomic E-state index is -0.934. The van der Waals surface area contributed by atoms with E-state index < -0.39 is 5.97 Å². The van der Waals surface area contributed by atoms with Gasteiger partial charge in [-0.2, -0.15) is 0 Å². The fourth-order valence-electron chi connectivity index (χ4n) is 3.56. The van der Waals surface area contributed by atoms with Crippen molar-refractivity contribution in [3.8, 4) is 5.69 Å². The number of hydrogen-bond donors (Lipinski definition) is 1. The molecule has 0 aliphatic rings. The van der Waals surface area contributed by atoms with Crippen LogP contribution in [0.5, 0.6) is 0 Å². The molecule has 0 bridgehead atoms. The Labute approximate surface area is 172 Å². The molecule has 0 amide bonds. The van der Waals surface area contributed by atoms with Crippen molar-refractivity contribution in [2.75, 3.05) is 0 Å². The molecule has 0 fully saturated rings. The molecule has 3 rings (SSSR count).